The van der Waals surface area contributed by atoms with E-state index in [4.69, 9.17) is 0 Å². The molecule has 3 unspecified atom stereocenters. The number of hydrogen-bond donors (Lipinski definition) is 1. The minimum Gasteiger partial charge on any atom is -0.316 e. The predicted molar refractivity (Wildman–Crippen MR) is 83.4 cm³/mol. The van der Waals surface area contributed by atoms with E-state index in [1.165, 1.54) is 77.7 Å². The highest BCUT2D eigenvalue weighted by atomic mass is 15.1. The van der Waals surface area contributed by atoms with E-state index in [1.54, 1.807) is 0 Å². The van der Waals surface area contributed by atoms with Crippen molar-refractivity contribution >= 4 is 0 Å². The van der Waals surface area contributed by atoms with Crippen molar-refractivity contribution in [3.8, 4) is 0 Å². The Kier molecular flexibility index (Phi) is 6.66. The largest absolute Gasteiger partial charge is 0.316 e. The molecular formula is C17H34N2. The Morgan fingerprint density at radius 1 is 1.16 bits per heavy atom. The third kappa shape index (κ3) is 5.07. The first-order valence-corrected chi connectivity index (χ1v) is 8.72. The van der Waals surface area contributed by atoms with E-state index in [-0.39, 0.29) is 0 Å². The average Bonchev–Trinajstić information content (AvgIpc) is 2.70. The number of rotatable bonds is 5. The molecule has 2 aliphatic heterocycles. The molecular weight excluding hydrogens is 232 g/mol. The molecule has 112 valence electrons. The lowest BCUT2D eigenvalue weighted by molar-refractivity contribution is 0.215. The molecule has 19 heavy (non-hydrogen) atoms. The number of nitrogens with zero attached hydrogens (tertiary/aromatic N) is 1. The predicted octanol–water partition coefficient (Wildman–Crippen LogP) is 3.52. The van der Waals surface area contributed by atoms with E-state index < -0.39 is 0 Å². The van der Waals surface area contributed by atoms with Crippen LogP contribution < -0.4 is 5.32 Å². The first-order chi connectivity index (χ1) is 9.29. The van der Waals surface area contributed by atoms with Gasteiger partial charge < -0.3 is 10.2 Å². The summed E-state index contributed by atoms with van der Waals surface area (Å²) in [6.07, 6.45) is 9.97. The van der Waals surface area contributed by atoms with Gasteiger partial charge in [0.15, 0.2) is 0 Å². The van der Waals surface area contributed by atoms with Crippen molar-refractivity contribution < 1.29 is 0 Å². The van der Waals surface area contributed by atoms with Gasteiger partial charge in [0.25, 0.3) is 0 Å². The van der Waals surface area contributed by atoms with Gasteiger partial charge >= 0.3 is 0 Å². The maximum Gasteiger partial charge on any atom is -0.00161 e. The summed E-state index contributed by atoms with van der Waals surface area (Å²) in [5, 5.41) is 3.56. The van der Waals surface area contributed by atoms with E-state index in [0.29, 0.717) is 0 Å². The van der Waals surface area contributed by atoms with Crippen LogP contribution in [0.15, 0.2) is 0 Å². The van der Waals surface area contributed by atoms with Crippen LogP contribution in [0.1, 0.15) is 58.8 Å². The van der Waals surface area contributed by atoms with Crippen LogP contribution in [0.3, 0.4) is 0 Å². The number of likely N-dealkylation sites (tertiary alicyclic amines) is 1. The fourth-order valence-corrected chi connectivity index (χ4v) is 3.84. The van der Waals surface area contributed by atoms with Crippen molar-refractivity contribution in [1.29, 1.82) is 0 Å². The van der Waals surface area contributed by atoms with E-state index >= 15 is 0 Å². The second kappa shape index (κ2) is 8.26. The zero-order valence-electron chi connectivity index (χ0n) is 13.2. The third-order valence-electron chi connectivity index (χ3n) is 5.56. The quantitative estimate of drug-likeness (QED) is 0.819. The highest BCUT2D eigenvalue weighted by Gasteiger charge is 2.21. The topological polar surface area (TPSA) is 15.3 Å². The molecule has 2 nitrogen and oxygen atoms in total. The Balaban J connectivity index is 1.66. The molecule has 2 heteroatoms. The first kappa shape index (κ1) is 15.3. The van der Waals surface area contributed by atoms with Crippen LogP contribution in [-0.2, 0) is 0 Å². The fourth-order valence-electron chi connectivity index (χ4n) is 3.84. The van der Waals surface area contributed by atoms with Gasteiger partial charge in [-0.2, -0.15) is 0 Å². The molecule has 0 saturated carbocycles. The summed E-state index contributed by atoms with van der Waals surface area (Å²) in [6, 6.07) is 0. The molecule has 2 saturated heterocycles. The molecule has 2 fully saturated rings. The van der Waals surface area contributed by atoms with Crippen molar-refractivity contribution in [2.24, 2.45) is 17.8 Å². The Labute approximate surface area is 120 Å². The van der Waals surface area contributed by atoms with Crippen molar-refractivity contribution in [3.05, 3.63) is 0 Å². The monoisotopic (exact) mass is 266 g/mol. The molecule has 0 aromatic rings. The second-order valence-corrected chi connectivity index (χ2v) is 6.92. The molecule has 0 spiro atoms. The summed E-state index contributed by atoms with van der Waals surface area (Å²) in [7, 11) is 0. The van der Waals surface area contributed by atoms with Gasteiger partial charge in [-0.05, 0) is 89.0 Å². The average molecular weight is 266 g/mol. The first-order valence-electron chi connectivity index (χ1n) is 8.72. The van der Waals surface area contributed by atoms with Crippen molar-refractivity contribution in [2.75, 3.05) is 32.7 Å². The van der Waals surface area contributed by atoms with Gasteiger partial charge in [-0.15, -0.1) is 0 Å². The van der Waals surface area contributed by atoms with E-state index in [1.807, 2.05) is 0 Å². The fraction of sp³-hybridized carbons (Fsp3) is 1.00. The summed E-state index contributed by atoms with van der Waals surface area (Å²) in [5.74, 6) is 2.84. The summed E-state index contributed by atoms with van der Waals surface area (Å²) >= 11 is 0. The molecule has 0 aromatic heterocycles. The number of piperidine rings is 1. The molecule has 0 aromatic carbocycles. The Bertz CT molecular complexity index is 235. The summed E-state index contributed by atoms with van der Waals surface area (Å²) in [5.41, 5.74) is 0. The zero-order valence-corrected chi connectivity index (χ0v) is 13.2. The van der Waals surface area contributed by atoms with Crippen molar-refractivity contribution in [2.45, 2.75) is 58.8 Å². The lowest BCUT2D eigenvalue weighted by atomic mass is 9.85. The van der Waals surface area contributed by atoms with E-state index in [2.05, 4.69) is 24.1 Å². The molecule has 1 N–H and O–H groups in total. The summed E-state index contributed by atoms with van der Waals surface area (Å²) in [4.78, 5) is 2.74. The van der Waals surface area contributed by atoms with Crippen LogP contribution in [-0.4, -0.2) is 37.6 Å². The van der Waals surface area contributed by atoms with Crippen molar-refractivity contribution in [1.82, 2.24) is 10.2 Å². The van der Waals surface area contributed by atoms with Gasteiger partial charge in [0.1, 0.15) is 0 Å². The minimum atomic E-state index is 0.901. The van der Waals surface area contributed by atoms with Crippen molar-refractivity contribution in [3.63, 3.8) is 0 Å². The molecule has 0 bridgehead atoms. The molecule has 3 atom stereocenters. The van der Waals surface area contributed by atoms with Crippen LogP contribution in [0.5, 0.6) is 0 Å². The lowest BCUT2D eigenvalue weighted by Crippen LogP contribution is -2.35. The maximum atomic E-state index is 3.56. The summed E-state index contributed by atoms with van der Waals surface area (Å²) in [6.45, 7) is 11.4. The van der Waals surface area contributed by atoms with Gasteiger partial charge in [0, 0.05) is 0 Å². The van der Waals surface area contributed by atoms with Crippen LogP contribution in [0.4, 0.5) is 0 Å². The Hall–Kier alpha value is -0.0800. The lowest BCUT2D eigenvalue weighted by Gasteiger charge is -2.30. The Morgan fingerprint density at radius 3 is 2.79 bits per heavy atom. The van der Waals surface area contributed by atoms with E-state index in [9.17, 15) is 0 Å². The van der Waals surface area contributed by atoms with Crippen LogP contribution in [0, 0.1) is 17.8 Å². The zero-order chi connectivity index (χ0) is 13.5. The van der Waals surface area contributed by atoms with Gasteiger partial charge in [0.05, 0.1) is 0 Å². The smallest absolute Gasteiger partial charge is 0.00161 e. The molecule has 0 radical (unpaired) electrons. The standard InChI is InChI=1S/C17H34N2/c1-3-16-6-5-11-19(13-9-16)12-8-15(2)17-7-4-10-18-14-17/h15-18H,3-14H2,1-2H3. The number of hydrogen-bond acceptors (Lipinski definition) is 2. The van der Waals surface area contributed by atoms with Gasteiger partial charge in [0.2, 0.25) is 0 Å². The SMILES string of the molecule is CCC1CCCN(CCC(C)C2CCCNC2)CC1. The van der Waals surface area contributed by atoms with Crippen LogP contribution >= 0.6 is 0 Å². The third-order valence-corrected chi connectivity index (χ3v) is 5.56. The molecule has 0 amide bonds. The van der Waals surface area contributed by atoms with Gasteiger partial charge in [-0.25, -0.2) is 0 Å². The molecule has 2 aliphatic rings. The second-order valence-electron chi connectivity index (χ2n) is 6.92. The molecule has 2 heterocycles. The Morgan fingerprint density at radius 2 is 2.05 bits per heavy atom. The highest BCUT2D eigenvalue weighted by Crippen LogP contribution is 2.24. The minimum absolute atomic E-state index is 0.901. The highest BCUT2D eigenvalue weighted by molar-refractivity contribution is 4.76. The van der Waals surface area contributed by atoms with Gasteiger partial charge in [-0.1, -0.05) is 20.3 Å². The summed E-state index contributed by atoms with van der Waals surface area (Å²) < 4.78 is 0. The maximum absolute atomic E-state index is 3.56. The molecule has 0 aliphatic carbocycles. The van der Waals surface area contributed by atoms with Crippen LogP contribution in [0.25, 0.3) is 0 Å². The van der Waals surface area contributed by atoms with E-state index in [0.717, 1.165) is 17.8 Å². The van der Waals surface area contributed by atoms with Gasteiger partial charge in [-0.3, -0.25) is 0 Å². The van der Waals surface area contributed by atoms with Crippen LogP contribution in [0.2, 0.25) is 0 Å². The molecule has 2 rings (SSSR count). The normalized spacial score (nSPS) is 31.9. The number of nitrogens with one attached hydrogen (secondary N) is 1.